The molecule has 3 saturated heterocycles. The molecule has 3 fully saturated rings. The van der Waals surface area contributed by atoms with Crippen LogP contribution in [-0.2, 0) is 73.8 Å². The summed E-state index contributed by atoms with van der Waals surface area (Å²) in [5, 5.41) is 0. The third-order valence-corrected chi connectivity index (χ3v) is 12.2. The average molecular weight is 912 g/mol. The van der Waals surface area contributed by atoms with E-state index in [1.807, 2.05) is 135 Å². The van der Waals surface area contributed by atoms with Crippen LogP contribution in [0.2, 0.25) is 0 Å². The smallest absolute Gasteiger partial charge is 0.262 e. The van der Waals surface area contributed by atoms with Crippen LogP contribution in [0.1, 0.15) is 56.8 Å². The van der Waals surface area contributed by atoms with Gasteiger partial charge >= 0.3 is 0 Å². The highest BCUT2D eigenvalue weighted by molar-refractivity contribution is 6.21. The van der Waals surface area contributed by atoms with Crippen molar-refractivity contribution in [1.82, 2.24) is 4.90 Å². The van der Waals surface area contributed by atoms with Crippen LogP contribution in [0.5, 0.6) is 0 Å². The SMILES string of the molecule is C=CCO[C@@H]1O[C@H](COCc2ccccc2)[C@H](OCc2ccccc2)[C@H](O[C@@H]2O[C@H](COCc3ccccc3)[C@@H]3OC(C)(C)O[C@@H]3[C@H]2OCc2ccccc2)[C@H]1N1C(=O)c2ccccc2C1=O. The van der Waals surface area contributed by atoms with Gasteiger partial charge in [0.05, 0.1) is 57.4 Å². The number of rotatable bonds is 20. The highest BCUT2D eigenvalue weighted by atomic mass is 16.8. The van der Waals surface area contributed by atoms with Crippen molar-refractivity contribution in [3.8, 4) is 0 Å². The molecule has 0 saturated carbocycles. The van der Waals surface area contributed by atoms with Crippen molar-refractivity contribution >= 4 is 11.8 Å². The number of carbonyl (C=O) groups is 2. The van der Waals surface area contributed by atoms with E-state index in [0.717, 1.165) is 22.3 Å². The van der Waals surface area contributed by atoms with Gasteiger partial charge in [0.15, 0.2) is 18.4 Å². The quantitative estimate of drug-likeness (QED) is 0.0558. The van der Waals surface area contributed by atoms with Gasteiger partial charge in [0.1, 0.15) is 48.8 Å². The Morgan fingerprint density at radius 1 is 0.537 bits per heavy atom. The molecule has 0 bridgehead atoms. The zero-order chi connectivity index (χ0) is 46.2. The van der Waals surface area contributed by atoms with E-state index in [1.54, 1.807) is 30.3 Å². The molecule has 4 aliphatic heterocycles. The molecule has 0 spiro atoms. The van der Waals surface area contributed by atoms with Crippen molar-refractivity contribution in [2.24, 2.45) is 0 Å². The highest BCUT2D eigenvalue weighted by Crippen LogP contribution is 2.42. The number of benzene rings is 5. The van der Waals surface area contributed by atoms with Crippen molar-refractivity contribution in [2.45, 2.75) is 107 Å². The van der Waals surface area contributed by atoms with Crippen molar-refractivity contribution < 1.29 is 57.0 Å². The Hall–Kier alpha value is -5.42. The Balaban J connectivity index is 1.12. The molecule has 10 atom stereocenters. The largest absolute Gasteiger partial charge is 0.374 e. The molecule has 9 rings (SSSR count). The molecule has 13 nitrogen and oxygen atoms in total. The molecule has 5 aromatic rings. The summed E-state index contributed by atoms with van der Waals surface area (Å²) in [5.74, 6) is -2.08. The first kappa shape index (κ1) is 46.7. The van der Waals surface area contributed by atoms with Crippen LogP contribution in [0.15, 0.2) is 158 Å². The Morgan fingerprint density at radius 2 is 0.985 bits per heavy atom. The summed E-state index contributed by atoms with van der Waals surface area (Å²) in [6.07, 6.45) is -6.83. The molecule has 4 heterocycles. The fraction of sp³-hybridized carbons (Fsp3) is 0.370. The van der Waals surface area contributed by atoms with Gasteiger partial charge in [-0.2, -0.15) is 0 Å². The van der Waals surface area contributed by atoms with Crippen LogP contribution in [0.3, 0.4) is 0 Å². The lowest BCUT2D eigenvalue weighted by Gasteiger charge is -2.50. The summed E-state index contributed by atoms with van der Waals surface area (Å²) in [6.45, 7) is 8.67. The minimum atomic E-state index is -1.23. The van der Waals surface area contributed by atoms with Gasteiger partial charge < -0.3 is 47.4 Å². The third kappa shape index (κ3) is 11.0. The van der Waals surface area contributed by atoms with E-state index in [-0.39, 0.29) is 50.8 Å². The van der Waals surface area contributed by atoms with Gasteiger partial charge in [-0.1, -0.05) is 140 Å². The lowest BCUT2D eigenvalue weighted by molar-refractivity contribution is -0.351. The first-order valence-electron chi connectivity index (χ1n) is 22.8. The van der Waals surface area contributed by atoms with E-state index < -0.39 is 79.0 Å². The lowest BCUT2D eigenvalue weighted by atomic mass is 9.93. The van der Waals surface area contributed by atoms with Gasteiger partial charge in [-0.25, -0.2) is 0 Å². The second kappa shape index (κ2) is 21.7. The molecule has 5 aromatic carbocycles. The Morgan fingerprint density at radius 3 is 1.51 bits per heavy atom. The first-order valence-corrected chi connectivity index (χ1v) is 22.8. The third-order valence-electron chi connectivity index (χ3n) is 12.2. The number of imide groups is 1. The van der Waals surface area contributed by atoms with Crippen molar-refractivity contribution in [3.05, 3.63) is 192 Å². The van der Waals surface area contributed by atoms with Crippen LogP contribution >= 0.6 is 0 Å². The molecule has 0 aromatic heterocycles. The van der Waals surface area contributed by atoms with E-state index in [4.69, 9.17) is 47.4 Å². The molecule has 0 unspecified atom stereocenters. The first-order chi connectivity index (χ1) is 32.8. The Labute approximate surface area is 391 Å². The monoisotopic (exact) mass is 911 g/mol. The van der Waals surface area contributed by atoms with Crippen LogP contribution in [0.4, 0.5) is 0 Å². The van der Waals surface area contributed by atoms with Crippen molar-refractivity contribution in [1.29, 1.82) is 0 Å². The lowest BCUT2D eigenvalue weighted by Crippen LogP contribution is -2.69. The maximum Gasteiger partial charge on any atom is 0.262 e. The number of amides is 2. The zero-order valence-electron chi connectivity index (χ0n) is 37.7. The van der Waals surface area contributed by atoms with Gasteiger partial charge in [-0.3, -0.25) is 14.5 Å². The number of nitrogens with zero attached hydrogens (tertiary/aromatic N) is 1. The Kier molecular flexibility index (Phi) is 15.1. The molecule has 4 aliphatic rings. The predicted octanol–water partition coefficient (Wildman–Crippen LogP) is 7.81. The van der Waals surface area contributed by atoms with Gasteiger partial charge in [0.25, 0.3) is 11.8 Å². The number of ether oxygens (including phenoxy) is 10. The molecule has 350 valence electrons. The molecule has 0 radical (unpaired) electrons. The summed E-state index contributed by atoms with van der Waals surface area (Å²) in [6, 6.07) is 44.6. The topological polar surface area (TPSA) is 130 Å². The van der Waals surface area contributed by atoms with E-state index in [2.05, 4.69) is 6.58 Å². The fourth-order valence-corrected chi connectivity index (χ4v) is 9.11. The van der Waals surface area contributed by atoms with Gasteiger partial charge in [0, 0.05) is 0 Å². The maximum absolute atomic E-state index is 14.6. The number of hydrogen-bond donors (Lipinski definition) is 0. The van der Waals surface area contributed by atoms with Crippen LogP contribution in [0.25, 0.3) is 0 Å². The molecule has 0 N–H and O–H groups in total. The van der Waals surface area contributed by atoms with Crippen LogP contribution < -0.4 is 0 Å². The zero-order valence-corrected chi connectivity index (χ0v) is 37.7. The maximum atomic E-state index is 14.6. The molecule has 13 heteroatoms. The molecule has 67 heavy (non-hydrogen) atoms. The van der Waals surface area contributed by atoms with E-state index in [0.29, 0.717) is 6.61 Å². The summed E-state index contributed by atoms with van der Waals surface area (Å²) >= 11 is 0. The molecule has 0 aliphatic carbocycles. The minimum absolute atomic E-state index is 0.0256. The summed E-state index contributed by atoms with van der Waals surface area (Å²) in [5.41, 5.74) is 4.24. The highest BCUT2D eigenvalue weighted by Gasteiger charge is 2.60. The Bertz CT molecular complexity index is 2350. The number of hydrogen-bond acceptors (Lipinski definition) is 12. The summed E-state index contributed by atoms with van der Waals surface area (Å²) in [7, 11) is 0. The summed E-state index contributed by atoms with van der Waals surface area (Å²) in [4.78, 5) is 30.4. The molecule has 2 amide bonds. The fourth-order valence-electron chi connectivity index (χ4n) is 9.11. The van der Waals surface area contributed by atoms with Crippen molar-refractivity contribution in [2.75, 3.05) is 19.8 Å². The van der Waals surface area contributed by atoms with Gasteiger partial charge in [-0.15, -0.1) is 6.58 Å². The number of carbonyl (C=O) groups excluding carboxylic acids is 2. The molecular weight excluding hydrogens is 855 g/mol. The molecular formula is C54H57NO12. The van der Waals surface area contributed by atoms with Gasteiger partial charge in [0.2, 0.25) is 0 Å². The van der Waals surface area contributed by atoms with E-state index >= 15 is 0 Å². The standard InChI is InChI=1S/C54H57NO12/c1-4-29-60-52-44(55-50(56)40-27-17-18-28-41(40)51(55)57)47(45(61-32-38-23-13-7-14-24-38)42(63-52)34-58-30-36-19-9-5-10-20-36)65-53-49(62-33-39-25-15-8-16-26-39)48-46(66-54(2,3)67-48)43(64-53)35-59-31-37-21-11-6-12-22-37/h4-28,42-49,52-53H,1,29-35H2,2-3H3/t42-,43-,44-,45+,46+,47-,48+,49-,52-,53+/m1/s1. The second-order valence-electron chi connectivity index (χ2n) is 17.4. The number of fused-ring (bicyclic) bond motifs is 2. The second-order valence-corrected chi connectivity index (χ2v) is 17.4. The summed E-state index contributed by atoms with van der Waals surface area (Å²) < 4.78 is 67.4. The normalized spacial score (nSPS) is 27.7. The van der Waals surface area contributed by atoms with Crippen LogP contribution in [-0.4, -0.2) is 104 Å². The van der Waals surface area contributed by atoms with Gasteiger partial charge in [-0.05, 0) is 48.2 Å². The van der Waals surface area contributed by atoms with E-state index in [9.17, 15) is 9.59 Å². The van der Waals surface area contributed by atoms with E-state index in [1.165, 1.54) is 4.90 Å². The average Bonchev–Trinajstić information content (AvgIpc) is 3.82. The van der Waals surface area contributed by atoms with Crippen molar-refractivity contribution in [3.63, 3.8) is 0 Å². The van der Waals surface area contributed by atoms with Crippen LogP contribution in [0, 0.1) is 0 Å². The predicted molar refractivity (Wildman–Crippen MR) is 245 cm³/mol. The minimum Gasteiger partial charge on any atom is -0.374 e.